The summed E-state index contributed by atoms with van der Waals surface area (Å²) >= 11 is 6.50. The number of aromatic nitrogens is 2. The molecule has 1 aliphatic heterocycles. The van der Waals surface area contributed by atoms with Crippen LogP contribution in [0.3, 0.4) is 0 Å². The van der Waals surface area contributed by atoms with Gasteiger partial charge in [0.2, 0.25) is 5.91 Å². The predicted molar refractivity (Wildman–Crippen MR) is 143 cm³/mol. The lowest BCUT2D eigenvalue weighted by Crippen LogP contribution is -2.30. The van der Waals surface area contributed by atoms with Gasteiger partial charge in [-0.05, 0) is 62.6 Å². The fourth-order valence-electron chi connectivity index (χ4n) is 4.09. The highest BCUT2D eigenvalue weighted by Crippen LogP contribution is 2.35. The normalized spacial score (nSPS) is 15.2. The van der Waals surface area contributed by atoms with Crippen molar-refractivity contribution >= 4 is 40.9 Å². The molecule has 2 bridgehead atoms. The molecule has 3 aromatic rings. The van der Waals surface area contributed by atoms with E-state index in [1.54, 1.807) is 37.3 Å². The maximum atomic E-state index is 14.5. The Hall–Kier alpha value is -4.25. The Kier molecular flexibility index (Phi) is 8.60. The Balaban J connectivity index is 1.72. The molecule has 0 saturated heterocycles. The topological polar surface area (TPSA) is 125 Å². The van der Waals surface area contributed by atoms with Crippen LogP contribution in [0.2, 0.25) is 5.15 Å². The molecule has 0 fully saturated rings. The number of allylic oxidation sites excluding steroid dienone is 1. The van der Waals surface area contributed by atoms with Gasteiger partial charge in [0.15, 0.2) is 0 Å². The molecule has 0 spiro atoms. The number of nitrogens with one attached hydrogen (secondary N) is 4. The Morgan fingerprint density at radius 2 is 1.92 bits per heavy atom. The Morgan fingerprint density at radius 3 is 2.64 bits per heavy atom. The summed E-state index contributed by atoms with van der Waals surface area (Å²) < 4.78 is 33.8. The summed E-state index contributed by atoms with van der Waals surface area (Å²) in [5, 5.41) is 8.15. The SMILES string of the molecule is CCOC(=O)Nc1ccc2c(c1)NC(=O)CCC=CCC(NC(=O)c1c(F)cc(C)cc1F)c1nc-2c(Cl)[nH]1. The van der Waals surface area contributed by atoms with E-state index in [4.69, 9.17) is 16.3 Å². The van der Waals surface area contributed by atoms with E-state index in [-0.39, 0.29) is 42.0 Å². The maximum absolute atomic E-state index is 14.5. The van der Waals surface area contributed by atoms with Crippen molar-refractivity contribution in [3.63, 3.8) is 0 Å². The molecular weight excluding hydrogens is 532 g/mol. The molecule has 39 heavy (non-hydrogen) atoms. The number of imidazole rings is 1. The van der Waals surface area contributed by atoms with Crippen LogP contribution in [0.4, 0.5) is 25.0 Å². The average molecular weight is 558 g/mol. The quantitative estimate of drug-likeness (QED) is 0.291. The summed E-state index contributed by atoms with van der Waals surface area (Å²) in [4.78, 5) is 44.9. The van der Waals surface area contributed by atoms with E-state index in [1.165, 1.54) is 6.92 Å². The first-order valence-corrected chi connectivity index (χ1v) is 12.6. The van der Waals surface area contributed by atoms with Gasteiger partial charge in [0.1, 0.15) is 33.9 Å². The van der Waals surface area contributed by atoms with Gasteiger partial charge in [0.25, 0.3) is 5.91 Å². The number of rotatable bonds is 4. The van der Waals surface area contributed by atoms with Crippen molar-refractivity contribution in [2.24, 2.45) is 0 Å². The van der Waals surface area contributed by atoms with Crippen molar-refractivity contribution in [2.45, 2.75) is 39.2 Å². The van der Waals surface area contributed by atoms with Crippen LogP contribution in [0, 0.1) is 18.6 Å². The summed E-state index contributed by atoms with van der Waals surface area (Å²) in [6.07, 6.45) is 3.60. The average Bonchev–Trinajstić information content (AvgIpc) is 3.23. The van der Waals surface area contributed by atoms with Gasteiger partial charge in [0, 0.05) is 17.7 Å². The molecule has 1 aromatic heterocycles. The number of ether oxygens (including phenoxy) is 1. The molecule has 1 unspecified atom stereocenters. The first kappa shape index (κ1) is 27.8. The molecule has 12 heteroatoms. The molecule has 2 aromatic carbocycles. The van der Waals surface area contributed by atoms with Crippen LogP contribution in [0.5, 0.6) is 0 Å². The van der Waals surface area contributed by atoms with E-state index in [9.17, 15) is 23.2 Å². The minimum absolute atomic E-state index is 0.111. The van der Waals surface area contributed by atoms with Crippen molar-refractivity contribution in [3.8, 4) is 11.3 Å². The minimum Gasteiger partial charge on any atom is -0.450 e. The number of carbonyl (C=O) groups is 3. The van der Waals surface area contributed by atoms with Crippen LogP contribution < -0.4 is 16.0 Å². The van der Waals surface area contributed by atoms with E-state index in [1.807, 2.05) is 0 Å². The van der Waals surface area contributed by atoms with Gasteiger partial charge in [-0.1, -0.05) is 23.8 Å². The van der Waals surface area contributed by atoms with Crippen molar-refractivity contribution in [1.82, 2.24) is 15.3 Å². The monoisotopic (exact) mass is 557 g/mol. The second-order valence-corrected chi connectivity index (χ2v) is 9.19. The van der Waals surface area contributed by atoms with E-state index >= 15 is 0 Å². The number of hydrogen-bond acceptors (Lipinski definition) is 5. The van der Waals surface area contributed by atoms with Crippen molar-refractivity contribution < 1.29 is 27.9 Å². The van der Waals surface area contributed by atoms with E-state index in [0.29, 0.717) is 28.9 Å². The zero-order chi connectivity index (χ0) is 28.1. The van der Waals surface area contributed by atoms with E-state index < -0.39 is 35.2 Å². The maximum Gasteiger partial charge on any atom is 0.411 e. The van der Waals surface area contributed by atoms with Crippen LogP contribution >= 0.6 is 11.6 Å². The molecule has 1 atom stereocenters. The summed E-state index contributed by atoms with van der Waals surface area (Å²) in [7, 11) is 0. The van der Waals surface area contributed by atoms with Crippen molar-refractivity contribution in [3.05, 3.63) is 76.2 Å². The highest BCUT2D eigenvalue weighted by molar-refractivity contribution is 6.32. The third-order valence-electron chi connectivity index (χ3n) is 5.87. The number of fused-ring (bicyclic) bond motifs is 4. The fourth-order valence-corrected chi connectivity index (χ4v) is 4.33. The molecular formula is C27H26ClF2N5O4. The van der Waals surface area contributed by atoms with Gasteiger partial charge >= 0.3 is 6.09 Å². The second-order valence-electron chi connectivity index (χ2n) is 8.81. The number of nitrogens with zero attached hydrogens (tertiary/aromatic N) is 1. The van der Waals surface area contributed by atoms with Crippen LogP contribution in [0.15, 0.2) is 42.5 Å². The lowest BCUT2D eigenvalue weighted by molar-refractivity contribution is -0.116. The first-order valence-electron chi connectivity index (χ1n) is 12.2. The Morgan fingerprint density at radius 1 is 1.18 bits per heavy atom. The van der Waals surface area contributed by atoms with Gasteiger partial charge < -0.3 is 20.4 Å². The van der Waals surface area contributed by atoms with Crippen LogP contribution in [0.25, 0.3) is 11.3 Å². The van der Waals surface area contributed by atoms with Crippen LogP contribution in [0.1, 0.15) is 54.0 Å². The lowest BCUT2D eigenvalue weighted by Gasteiger charge is -2.16. The molecule has 0 saturated carbocycles. The summed E-state index contributed by atoms with van der Waals surface area (Å²) in [5.41, 5.74) is 1.05. The molecule has 2 heterocycles. The van der Waals surface area contributed by atoms with Crippen molar-refractivity contribution in [1.29, 1.82) is 0 Å². The number of anilines is 2. The number of carbonyl (C=O) groups excluding carboxylic acids is 3. The summed E-state index contributed by atoms with van der Waals surface area (Å²) in [6, 6.07) is 6.09. The highest BCUT2D eigenvalue weighted by atomic mass is 35.5. The van der Waals surface area contributed by atoms with Gasteiger partial charge in [-0.25, -0.2) is 18.6 Å². The second kappa shape index (κ2) is 12.1. The van der Waals surface area contributed by atoms with Crippen LogP contribution in [-0.2, 0) is 9.53 Å². The summed E-state index contributed by atoms with van der Waals surface area (Å²) in [5.74, 6) is -2.95. The lowest BCUT2D eigenvalue weighted by atomic mass is 10.1. The van der Waals surface area contributed by atoms with Crippen LogP contribution in [-0.4, -0.2) is 34.5 Å². The molecule has 1 aliphatic rings. The molecule has 204 valence electrons. The van der Waals surface area contributed by atoms with Gasteiger partial charge in [0.05, 0.1) is 18.3 Å². The third-order valence-corrected chi connectivity index (χ3v) is 6.15. The van der Waals surface area contributed by atoms with Gasteiger partial charge in [-0.2, -0.15) is 0 Å². The Labute approximate surface area is 228 Å². The van der Waals surface area contributed by atoms with Gasteiger partial charge in [-0.15, -0.1) is 0 Å². The fraction of sp³-hybridized carbons (Fsp3) is 0.259. The molecule has 4 N–H and O–H groups in total. The van der Waals surface area contributed by atoms with Gasteiger partial charge in [-0.3, -0.25) is 14.9 Å². The number of aromatic amines is 1. The predicted octanol–water partition coefficient (Wildman–Crippen LogP) is 6.03. The van der Waals surface area contributed by atoms with Crippen molar-refractivity contribution in [2.75, 3.05) is 17.2 Å². The minimum atomic E-state index is -0.978. The number of benzene rings is 2. The molecule has 0 aliphatic carbocycles. The number of aryl methyl sites for hydroxylation is 1. The number of amides is 3. The molecule has 0 radical (unpaired) electrons. The highest BCUT2D eigenvalue weighted by Gasteiger charge is 2.25. The smallest absolute Gasteiger partial charge is 0.411 e. The number of halogens is 3. The number of H-pyrrole nitrogens is 1. The standard InChI is InChI=1S/C27H26ClF2N5O4/c1-3-39-27(38)31-15-9-10-16-20(13-15)32-21(36)8-6-4-5-7-19(25-34-23(16)24(28)35-25)33-26(37)22-17(29)11-14(2)12-18(22)30/h4-5,9-13,19H,3,6-8H2,1-2H3,(H,31,38)(H,32,36)(H,33,37)(H,34,35). The first-order chi connectivity index (χ1) is 18.7. The van der Waals surface area contributed by atoms with E-state index in [0.717, 1.165) is 12.1 Å². The third kappa shape index (κ3) is 6.61. The Bertz CT molecular complexity index is 1430. The molecule has 4 rings (SSSR count). The summed E-state index contributed by atoms with van der Waals surface area (Å²) in [6.45, 7) is 3.39. The molecule has 9 nitrogen and oxygen atoms in total. The molecule has 3 amide bonds. The van der Waals surface area contributed by atoms with E-state index in [2.05, 4.69) is 25.9 Å². The zero-order valence-corrected chi connectivity index (χ0v) is 21.9. The zero-order valence-electron chi connectivity index (χ0n) is 21.2. The number of hydrogen-bond donors (Lipinski definition) is 4. The largest absolute Gasteiger partial charge is 0.450 e.